The van der Waals surface area contributed by atoms with Crippen molar-refractivity contribution in [1.29, 1.82) is 0 Å². The Balaban J connectivity index is 1.25. The second-order valence-corrected chi connectivity index (χ2v) is 13.5. The molecule has 1 aliphatic rings. The largest absolute Gasteiger partial charge is 0.312 e. The Morgan fingerprint density at radius 3 is 1.78 bits per heavy atom. The third kappa shape index (κ3) is 3.07. The second kappa shape index (κ2) is 9.00. The summed E-state index contributed by atoms with van der Waals surface area (Å²) >= 11 is 1.97. The van der Waals surface area contributed by atoms with Crippen LogP contribution in [0.2, 0.25) is 0 Å². The van der Waals surface area contributed by atoms with Crippen LogP contribution in [0, 0.1) is 0 Å². The van der Waals surface area contributed by atoms with Crippen LogP contribution in [-0.2, 0) is 0 Å². The fraction of sp³-hybridized carbons (Fsp3) is 0. The molecule has 0 amide bonds. The molecule has 4 heteroatoms. The zero-order chi connectivity index (χ0) is 29.9. The maximum absolute atomic E-state index is 2.49. The standard InChI is InChI=1S/C42H25BN2S/c1-2-13-26(14-3-1)44-37-23-10-6-18-32(37)43(33-19-7-11-24-38(33)44)34-20-12-17-28-31-25-30-27-15-4-8-21-35(27)45-36-22-9-5-16-29(36)39(40(30)45)42(31)46-41(28)34/h1-25H. The molecule has 11 rings (SSSR count). The molecule has 0 fully saturated rings. The number of hydrogen-bond acceptors (Lipinski definition) is 2. The Morgan fingerprint density at radius 2 is 1.02 bits per heavy atom. The minimum atomic E-state index is 0.119. The second-order valence-electron chi connectivity index (χ2n) is 12.4. The Morgan fingerprint density at radius 1 is 0.435 bits per heavy atom. The van der Waals surface area contributed by atoms with Gasteiger partial charge in [-0.3, -0.25) is 0 Å². The van der Waals surface area contributed by atoms with Gasteiger partial charge in [0.25, 0.3) is 0 Å². The Labute approximate surface area is 269 Å². The SMILES string of the molecule is c1ccc(N2c3ccccc3B(c3cccc4c3sc3c4cc4c5ccccc5n5c6ccccc6c3c45)c3ccccc32)cc1. The monoisotopic (exact) mass is 600 g/mol. The van der Waals surface area contributed by atoms with E-state index in [1.54, 1.807) is 0 Å². The van der Waals surface area contributed by atoms with Gasteiger partial charge in [0.1, 0.15) is 0 Å². The summed E-state index contributed by atoms with van der Waals surface area (Å²) in [4.78, 5) is 2.43. The van der Waals surface area contributed by atoms with Crippen molar-refractivity contribution in [2.75, 3.05) is 4.90 Å². The zero-order valence-electron chi connectivity index (χ0n) is 24.8. The number of hydrogen-bond donors (Lipinski definition) is 0. The predicted octanol–water partition coefficient (Wildman–Crippen LogP) is 9.50. The van der Waals surface area contributed by atoms with Crippen molar-refractivity contribution < 1.29 is 0 Å². The lowest BCUT2D eigenvalue weighted by Crippen LogP contribution is -2.57. The van der Waals surface area contributed by atoms with Gasteiger partial charge in [0.15, 0.2) is 0 Å². The van der Waals surface area contributed by atoms with Gasteiger partial charge < -0.3 is 9.30 Å². The average molecular weight is 601 g/mol. The third-order valence-electron chi connectivity index (χ3n) is 10.2. The van der Waals surface area contributed by atoms with Gasteiger partial charge in [0, 0.05) is 53.4 Å². The van der Waals surface area contributed by atoms with E-state index >= 15 is 0 Å². The van der Waals surface area contributed by atoms with Crippen LogP contribution < -0.4 is 21.3 Å². The van der Waals surface area contributed by atoms with Crippen molar-refractivity contribution in [3.8, 4) is 0 Å². The van der Waals surface area contributed by atoms with Crippen molar-refractivity contribution in [2.45, 2.75) is 0 Å². The minimum Gasteiger partial charge on any atom is -0.312 e. The molecular weight excluding hydrogens is 575 g/mol. The molecule has 46 heavy (non-hydrogen) atoms. The number of nitrogens with zero attached hydrogens (tertiary/aromatic N) is 2. The highest BCUT2D eigenvalue weighted by molar-refractivity contribution is 7.28. The number of thiophene rings is 1. The van der Waals surface area contributed by atoms with E-state index in [-0.39, 0.29) is 6.71 Å². The predicted molar refractivity (Wildman–Crippen MR) is 200 cm³/mol. The molecule has 2 nitrogen and oxygen atoms in total. The molecule has 7 aromatic carbocycles. The summed E-state index contributed by atoms with van der Waals surface area (Å²) < 4.78 is 5.25. The van der Waals surface area contributed by atoms with Gasteiger partial charge in [0.05, 0.1) is 16.6 Å². The van der Waals surface area contributed by atoms with Gasteiger partial charge in [-0.05, 0) is 58.8 Å². The fourth-order valence-corrected chi connectivity index (χ4v) is 9.75. The highest BCUT2D eigenvalue weighted by Gasteiger charge is 2.36. The molecule has 0 radical (unpaired) electrons. The first-order valence-electron chi connectivity index (χ1n) is 15.9. The van der Waals surface area contributed by atoms with Gasteiger partial charge in [-0.25, -0.2) is 0 Å². The van der Waals surface area contributed by atoms with Gasteiger partial charge in [-0.1, -0.05) is 115 Å². The smallest absolute Gasteiger partial charge is 0.248 e. The van der Waals surface area contributed by atoms with Crippen molar-refractivity contribution >= 4 is 110 Å². The Bertz CT molecular complexity index is 2780. The maximum Gasteiger partial charge on any atom is 0.248 e. The summed E-state index contributed by atoms with van der Waals surface area (Å²) in [5, 5.41) is 8.07. The van der Waals surface area contributed by atoms with E-state index in [9.17, 15) is 0 Å². The first kappa shape index (κ1) is 24.7. The summed E-state index contributed by atoms with van der Waals surface area (Å²) in [5.74, 6) is 0. The zero-order valence-corrected chi connectivity index (χ0v) is 25.6. The van der Waals surface area contributed by atoms with Gasteiger partial charge in [-0.2, -0.15) is 0 Å². The van der Waals surface area contributed by atoms with Crippen LogP contribution in [0.3, 0.4) is 0 Å². The molecule has 0 bridgehead atoms. The number of anilines is 3. The Hall–Kier alpha value is -5.58. The van der Waals surface area contributed by atoms with Gasteiger partial charge in [0.2, 0.25) is 6.71 Å². The van der Waals surface area contributed by atoms with E-state index in [1.807, 2.05) is 11.3 Å². The summed E-state index contributed by atoms with van der Waals surface area (Å²) in [7, 11) is 0. The molecule has 212 valence electrons. The van der Waals surface area contributed by atoms with Crippen LogP contribution in [0.1, 0.15) is 0 Å². The third-order valence-corrected chi connectivity index (χ3v) is 11.5. The molecule has 0 aliphatic carbocycles. The minimum absolute atomic E-state index is 0.119. The molecule has 0 N–H and O–H groups in total. The fourth-order valence-electron chi connectivity index (χ4n) is 8.36. The molecule has 0 saturated carbocycles. The number of fused-ring (bicyclic) bond motifs is 12. The summed E-state index contributed by atoms with van der Waals surface area (Å²) in [5.41, 5.74) is 11.6. The van der Waals surface area contributed by atoms with Crippen LogP contribution >= 0.6 is 11.3 Å². The molecule has 0 saturated heterocycles. The molecule has 4 heterocycles. The van der Waals surface area contributed by atoms with E-state index in [0.29, 0.717) is 0 Å². The van der Waals surface area contributed by atoms with Crippen molar-refractivity contribution in [1.82, 2.24) is 4.40 Å². The van der Waals surface area contributed by atoms with E-state index in [0.717, 1.165) is 0 Å². The molecular formula is C42H25BN2S. The normalized spacial score (nSPS) is 13.1. The first-order valence-corrected chi connectivity index (χ1v) is 16.7. The molecule has 0 atom stereocenters. The van der Waals surface area contributed by atoms with Crippen LogP contribution in [0.5, 0.6) is 0 Å². The molecule has 0 unspecified atom stereocenters. The van der Waals surface area contributed by atoms with E-state index in [2.05, 4.69) is 161 Å². The lowest BCUT2D eigenvalue weighted by molar-refractivity contribution is 1.29. The highest BCUT2D eigenvalue weighted by Crippen LogP contribution is 2.47. The van der Waals surface area contributed by atoms with Gasteiger partial charge >= 0.3 is 0 Å². The Kier molecular flexibility index (Phi) is 4.83. The van der Waals surface area contributed by atoms with Crippen molar-refractivity contribution in [3.05, 3.63) is 152 Å². The number of rotatable bonds is 2. The van der Waals surface area contributed by atoms with Crippen LogP contribution in [0.15, 0.2) is 152 Å². The van der Waals surface area contributed by atoms with Crippen molar-refractivity contribution in [2.24, 2.45) is 0 Å². The molecule has 1 aliphatic heterocycles. The summed E-state index contributed by atoms with van der Waals surface area (Å²) in [6.45, 7) is 0.119. The molecule has 3 aromatic heterocycles. The number of benzene rings is 7. The van der Waals surface area contributed by atoms with Crippen LogP contribution in [-0.4, -0.2) is 11.1 Å². The van der Waals surface area contributed by atoms with Gasteiger partial charge in [-0.15, -0.1) is 11.3 Å². The number of aromatic nitrogens is 1. The quantitative estimate of drug-likeness (QED) is 0.179. The van der Waals surface area contributed by atoms with E-state index in [1.165, 1.54) is 91.7 Å². The van der Waals surface area contributed by atoms with E-state index < -0.39 is 0 Å². The summed E-state index contributed by atoms with van der Waals surface area (Å²) in [6, 6.07) is 56.0. The summed E-state index contributed by atoms with van der Waals surface area (Å²) in [6.07, 6.45) is 0. The average Bonchev–Trinajstić information content (AvgIpc) is 3.77. The maximum atomic E-state index is 2.49. The lowest BCUT2D eigenvalue weighted by Gasteiger charge is -2.37. The van der Waals surface area contributed by atoms with E-state index in [4.69, 9.17) is 0 Å². The highest BCUT2D eigenvalue weighted by atomic mass is 32.1. The topological polar surface area (TPSA) is 7.65 Å². The lowest BCUT2D eigenvalue weighted by atomic mass is 9.35. The van der Waals surface area contributed by atoms with Crippen LogP contribution in [0.25, 0.3) is 58.3 Å². The molecule has 0 spiro atoms. The molecule has 10 aromatic rings. The number of para-hydroxylation sites is 5. The first-order chi connectivity index (χ1) is 22.9. The van der Waals surface area contributed by atoms with Crippen molar-refractivity contribution in [3.63, 3.8) is 0 Å². The van der Waals surface area contributed by atoms with Crippen LogP contribution in [0.4, 0.5) is 17.1 Å².